The molecule has 9 nitrogen and oxygen atoms in total. The molecule has 9 heteroatoms. The molecule has 2 amide bonds. The number of nitrogens with zero attached hydrogens (tertiary/aromatic N) is 3. The van der Waals surface area contributed by atoms with Crippen LogP contribution in [0.1, 0.15) is 38.5 Å². The summed E-state index contributed by atoms with van der Waals surface area (Å²) in [6.07, 6.45) is 3.96. The molecular weight excluding hydrogens is 318 g/mol. The second-order valence-electron chi connectivity index (χ2n) is 6.41. The van der Waals surface area contributed by atoms with Gasteiger partial charge < -0.3 is 0 Å². The molecule has 1 aromatic carbocycles. The van der Waals surface area contributed by atoms with Crippen molar-refractivity contribution in [2.45, 2.75) is 38.5 Å². The third kappa shape index (κ3) is 2.72. The number of nitro benzene ring substituents is 2. The number of non-ortho nitro benzene ring substituents is 2. The van der Waals surface area contributed by atoms with Crippen LogP contribution in [-0.4, -0.2) is 21.7 Å². The fourth-order valence-electron chi connectivity index (χ4n) is 3.69. The molecule has 0 bridgehead atoms. The topological polar surface area (TPSA) is 124 Å². The minimum absolute atomic E-state index is 0.112. The number of hydrogen-bond donors (Lipinski definition) is 0. The molecule has 1 heterocycles. The first kappa shape index (κ1) is 16.0. The third-order valence-electron chi connectivity index (χ3n) is 4.78. The number of amides is 2. The maximum absolute atomic E-state index is 12.5. The fourth-order valence-corrected chi connectivity index (χ4v) is 3.69. The maximum Gasteiger partial charge on any atom is 0.278 e. The highest BCUT2D eigenvalue weighted by atomic mass is 16.6. The van der Waals surface area contributed by atoms with Gasteiger partial charge in [-0.25, -0.2) is 0 Å². The Labute approximate surface area is 136 Å². The van der Waals surface area contributed by atoms with Gasteiger partial charge in [0, 0.05) is 25.0 Å². The monoisotopic (exact) mass is 333 g/mol. The summed E-state index contributed by atoms with van der Waals surface area (Å²) in [5, 5.41) is 21.9. The van der Waals surface area contributed by atoms with Gasteiger partial charge in [0.15, 0.2) is 0 Å². The molecule has 0 unspecified atom stereocenters. The molecule has 1 aliphatic heterocycles. The second-order valence-corrected chi connectivity index (χ2v) is 6.41. The van der Waals surface area contributed by atoms with Crippen molar-refractivity contribution in [1.29, 1.82) is 0 Å². The van der Waals surface area contributed by atoms with E-state index < -0.39 is 33.0 Å². The third-order valence-corrected chi connectivity index (χ3v) is 4.78. The summed E-state index contributed by atoms with van der Waals surface area (Å²) in [6.45, 7) is 0. The van der Waals surface area contributed by atoms with Crippen molar-refractivity contribution in [3.05, 3.63) is 38.4 Å². The van der Waals surface area contributed by atoms with Crippen LogP contribution in [0.15, 0.2) is 18.2 Å². The Morgan fingerprint density at radius 3 is 1.75 bits per heavy atom. The van der Waals surface area contributed by atoms with E-state index in [4.69, 9.17) is 0 Å². The quantitative estimate of drug-likeness (QED) is 0.476. The molecule has 1 saturated heterocycles. The molecule has 2 aliphatic rings. The standard InChI is InChI=1S/C15H15N3O6/c19-13-8-15(3-1-2-4-15)9-14(20)16(13)10-5-11(17(21)22)7-12(6-10)18(23)24/h5-7H,1-4,8-9H2. The normalized spacial score (nSPS) is 19.8. The van der Waals surface area contributed by atoms with Crippen molar-refractivity contribution in [1.82, 2.24) is 0 Å². The van der Waals surface area contributed by atoms with Crippen LogP contribution in [0.3, 0.4) is 0 Å². The fraction of sp³-hybridized carbons (Fsp3) is 0.467. The van der Waals surface area contributed by atoms with Crippen LogP contribution in [0.4, 0.5) is 17.1 Å². The SMILES string of the molecule is O=C1CC2(CCCC2)CC(=O)N1c1cc([N+](=O)[O-])cc([N+](=O)[O-])c1. The van der Waals surface area contributed by atoms with Crippen molar-refractivity contribution < 1.29 is 19.4 Å². The number of rotatable bonds is 3. The molecule has 24 heavy (non-hydrogen) atoms. The molecule has 0 aromatic heterocycles. The summed E-state index contributed by atoms with van der Waals surface area (Å²) in [6, 6.07) is 2.85. The largest absolute Gasteiger partial charge is 0.278 e. The summed E-state index contributed by atoms with van der Waals surface area (Å²) in [7, 11) is 0. The van der Waals surface area contributed by atoms with Gasteiger partial charge in [0.1, 0.15) is 0 Å². The van der Waals surface area contributed by atoms with Crippen LogP contribution in [-0.2, 0) is 9.59 Å². The molecule has 0 radical (unpaired) electrons. The summed E-state index contributed by atoms with van der Waals surface area (Å²) in [4.78, 5) is 46.2. The highest BCUT2D eigenvalue weighted by molar-refractivity contribution is 6.17. The lowest BCUT2D eigenvalue weighted by Crippen LogP contribution is -2.47. The highest BCUT2D eigenvalue weighted by Gasteiger charge is 2.46. The zero-order valence-corrected chi connectivity index (χ0v) is 12.8. The van der Waals surface area contributed by atoms with Crippen molar-refractivity contribution in [2.24, 2.45) is 5.41 Å². The minimum atomic E-state index is -0.784. The van der Waals surface area contributed by atoms with E-state index in [0.29, 0.717) is 0 Å². The van der Waals surface area contributed by atoms with Crippen LogP contribution >= 0.6 is 0 Å². The van der Waals surface area contributed by atoms with Gasteiger partial charge in [-0.1, -0.05) is 12.8 Å². The lowest BCUT2D eigenvalue weighted by Gasteiger charge is -2.37. The van der Waals surface area contributed by atoms with E-state index >= 15 is 0 Å². The molecule has 1 aromatic rings. The Kier molecular flexibility index (Phi) is 3.78. The molecule has 0 N–H and O–H groups in total. The predicted octanol–water partition coefficient (Wildman–Crippen LogP) is 2.72. The Bertz CT molecular complexity index is 701. The lowest BCUT2D eigenvalue weighted by atomic mass is 9.76. The zero-order chi connectivity index (χ0) is 17.5. The van der Waals surface area contributed by atoms with E-state index in [9.17, 15) is 29.8 Å². The summed E-state index contributed by atoms with van der Waals surface area (Å²) in [5.74, 6) is -0.911. The number of hydrogen-bond acceptors (Lipinski definition) is 6. The number of imide groups is 1. The van der Waals surface area contributed by atoms with E-state index in [0.717, 1.165) is 48.8 Å². The van der Waals surface area contributed by atoms with Gasteiger partial charge in [-0.15, -0.1) is 0 Å². The van der Waals surface area contributed by atoms with Gasteiger partial charge in [-0.3, -0.25) is 34.7 Å². The first-order valence-corrected chi connectivity index (χ1v) is 7.61. The number of piperidine rings is 1. The van der Waals surface area contributed by atoms with Gasteiger partial charge in [-0.2, -0.15) is 0 Å². The van der Waals surface area contributed by atoms with Gasteiger partial charge in [0.05, 0.1) is 21.6 Å². The molecule has 1 spiro atoms. The van der Waals surface area contributed by atoms with E-state index in [1.807, 2.05) is 0 Å². The van der Waals surface area contributed by atoms with E-state index in [-0.39, 0.29) is 23.9 Å². The zero-order valence-electron chi connectivity index (χ0n) is 12.8. The summed E-state index contributed by atoms with van der Waals surface area (Å²) in [5.41, 5.74) is -1.47. The van der Waals surface area contributed by atoms with Crippen LogP contribution in [0.5, 0.6) is 0 Å². The van der Waals surface area contributed by atoms with Gasteiger partial charge >= 0.3 is 0 Å². The number of carbonyl (C=O) groups excluding carboxylic acids is 2. The minimum Gasteiger partial charge on any atom is -0.274 e. The summed E-state index contributed by atoms with van der Waals surface area (Å²) < 4.78 is 0. The average Bonchev–Trinajstić information content (AvgIpc) is 2.93. The first-order chi connectivity index (χ1) is 11.3. The number of nitro groups is 2. The molecule has 0 atom stereocenters. The highest BCUT2D eigenvalue weighted by Crippen LogP contribution is 2.47. The molecule has 126 valence electrons. The van der Waals surface area contributed by atoms with Crippen LogP contribution in [0.25, 0.3) is 0 Å². The molecule has 1 aliphatic carbocycles. The van der Waals surface area contributed by atoms with E-state index in [2.05, 4.69) is 0 Å². The van der Waals surface area contributed by atoms with Gasteiger partial charge in [0.2, 0.25) is 11.8 Å². The Balaban J connectivity index is 1.99. The van der Waals surface area contributed by atoms with Crippen LogP contribution in [0.2, 0.25) is 0 Å². The van der Waals surface area contributed by atoms with Crippen molar-refractivity contribution in [3.8, 4) is 0 Å². The summed E-state index contributed by atoms with van der Waals surface area (Å²) >= 11 is 0. The van der Waals surface area contributed by atoms with Crippen molar-refractivity contribution in [2.75, 3.05) is 4.90 Å². The average molecular weight is 333 g/mol. The number of anilines is 1. The van der Waals surface area contributed by atoms with E-state index in [1.54, 1.807) is 0 Å². The Morgan fingerprint density at radius 2 is 1.33 bits per heavy atom. The molecule has 2 fully saturated rings. The number of benzene rings is 1. The maximum atomic E-state index is 12.5. The molecule has 3 rings (SSSR count). The molecule has 1 saturated carbocycles. The first-order valence-electron chi connectivity index (χ1n) is 7.61. The predicted molar refractivity (Wildman–Crippen MR) is 82.4 cm³/mol. The number of carbonyl (C=O) groups is 2. The smallest absolute Gasteiger partial charge is 0.274 e. The van der Waals surface area contributed by atoms with Gasteiger partial charge in [-0.05, 0) is 18.3 Å². The van der Waals surface area contributed by atoms with E-state index in [1.165, 1.54) is 0 Å². The van der Waals surface area contributed by atoms with Crippen LogP contribution in [0, 0.1) is 25.6 Å². The molecular formula is C15H15N3O6. The van der Waals surface area contributed by atoms with Crippen molar-refractivity contribution in [3.63, 3.8) is 0 Å². The van der Waals surface area contributed by atoms with Crippen molar-refractivity contribution >= 4 is 28.9 Å². The Hall–Kier alpha value is -2.84. The second kappa shape index (κ2) is 5.66. The Morgan fingerprint density at radius 1 is 0.875 bits per heavy atom. The van der Waals surface area contributed by atoms with Crippen LogP contribution < -0.4 is 4.90 Å². The van der Waals surface area contributed by atoms with Gasteiger partial charge in [0.25, 0.3) is 11.4 Å². The lowest BCUT2D eigenvalue weighted by molar-refractivity contribution is -0.394.